The summed E-state index contributed by atoms with van der Waals surface area (Å²) < 4.78 is 11.9. The monoisotopic (exact) mass is 314 g/mol. The van der Waals surface area contributed by atoms with Crippen LogP contribution in [0, 0.1) is 41.4 Å². The number of carbonyl (C=O) groups is 1. The first-order valence-electron chi connectivity index (χ1n) is 9.71. The van der Waals surface area contributed by atoms with Gasteiger partial charge in [0.25, 0.3) is 0 Å². The summed E-state index contributed by atoms with van der Waals surface area (Å²) in [6, 6.07) is 0. The van der Waals surface area contributed by atoms with E-state index in [1.54, 1.807) is 0 Å². The van der Waals surface area contributed by atoms with Crippen LogP contribution in [0.15, 0.2) is 12.2 Å². The molecule has 4 saturated carbocycles. The van der Waals surface area contributed by atoms with Gasteiger partial charge in [0, 0.05) is 0 Å². The molecule has 3 heteroatoms. The van der Waals surface area contributed by atoms with Gasteiger partial charge in [-0.05, 0) is 87.0 Å². The van der Waals surface area contributed by atoms with Crippen LogP contribution in [0.1, 0.15) is 45.4 Å². The molecular formula is C20H26O3. The summed E-state index contributed by atoms with van der Waals surface area (Å²) in [7, 11) is 0. The number of carbonyl (C=O) groups excluding carboxylic acids is 1. The molecule has 0 radical (unpaired) electrons. The number of hydrogen-bond acceptors (Lipinski definition) is 3. The Morgan fingerprint density at radius 2 is 1.96 bits per heavy atom. The Bertz CT molecular complexity index is 598. The fourth-order valence-corrected chi connectivity index (χ4v) is 7.50. The van der Waals surface area contributed by atoms with Crippen LogP contribution in [0.25, 0.3) is 0 Å². The minimum atomic E-state index is -0.351. The predicted octanol–water partition coefficient (Wildman–Crippen LogP) is 3.33. The summed E-state index contributed by atoms with van der Waals surface area (Å²) >= 11 is 0. The number of hydrogen-bond donors (Lipinski definition) is 0. The topological polar surface area (TPSA) is 38.8 Å². The van der Waals surface area contributed by atoms with Gasteiger partial charge in [-0.2, -0.15) is 0 Å². The molecule has 10 atom stereocenters. The second-order valence-electron chi connectivity index (χ2n) is 9.31. The van der Waals surface area contributed by atoms with E-state index in [2.05, 4.69) is 19.1 Å². The molecule has 5 fully saturated rings. The standard InChI is InChI=1S/C20H26O3/c1-20(5-3-2-4-6-20)23-19(21)12-8-10-7-11(12)16-14-9-13(15(10)16)17-18(14)22-17/h3,5,10-18H,2,4,6-9H2,1H3. The van der Waals surface area contributed by atoms with E-state index in [9.17, 15) is 4.79 Å². The fraction of sp³-hybridized carbons (Fsp3) is 0.850. The molecule has 23 heavy (non-hydrogen) atoms. The fourth-order valence-electron chi connectivity index (χ4n) is 7.50. The van der Waals surface area contributed by atoms with E-state index in [1.807, 2.05) is 0 Å². The molecule has 0 amide bonds. The van der Waals surface area contributed by atoms with Gasteiger partial charge in [-0.15, -0.1) is 0 Å². The Balaban J connectivity index is 1.22. The van der Waals surface area contributed by atoms with E-state index in [1.165, 1.54) is 12.8 Å². The van der Waals surface area contributed by atoms with Crippen molar-refractivity contribution in [2.45, 2.75) is 63.3 Å². The Labute approximate surface area is 137 Å². The molecule has 5 aliphatic carbocycles. The SMILES string of the molecule is CC1(OC(=O)C2CC3CC2C2C4CC(C5OC45)C32)C=CCCC1. The van der Waals surface area contributed by atoms with Crippen molar-refractivity contribution < 1.29 is 14.3 Å². The van der Waals surface area contributed by atoms with Gasteiger partial charge in [-0.25, -0.2) is 0 Å². The van der Waals surface area contributed by atoms with Crippen molar-refractivity contribution in [2.75, 3.05) is 0 Å². The van der Waals surface area contributed by atoms with Gasteiger partial charge in [-0.3, -0.25) is 4.79 Å². The lowest BCUT2D eigenvalue weighted by atomic mass is 9.67. The number of fused-ring (bicyclic) bond motifs is 12. The third-order valence-corrected chi connectivity index (χ3v) is 8.22. The number of rotatable bonds is 2. The molecule has 4 bridgehead atoms. The van der Waals surface area contributed by atoms with Crippen LogP contribution in [0.5, 0.6) is 0 Å². The summed E-state index contributed by atoms with van der Waals surface area (Å²) in [5.74, 6) is 4.89. The Morgan fingerprint density at radius 3 is 2.74 bits per heavy atom. The van der Waals surface area contributed by atoms with Crippen LogP contribution in [-0.4, -0.2) is 23.8 Å². The second-order valence-corrected chi connectivity index (χ2v) is 9.31. The largest absolute Gasteiger partial charge is 0.455 e. The van der Waals surface area contributed by atoms with E-state index < -0.39 is 0 Å². The quantitative estimate of drug-likeness (QED) is 0.340. The molecule has 0 aromatic rings. The van der Waals surface area contributed by atoms with Crippen LogP contribution >= 0.6 is 0 Å². The molecule has 1 aliphatic heterocycles. The first-order chi connectivity index (χ1) is 11.1. The van der Waals surface area contributed by atoms with Crippen molar-refractivity contribution in [2.24, 2.45) is 41.4 Å². The van der Waals surface area contributed by atoms with Crippen LogP contribution in [0.4, 0.5) is 0 Å². The molecule has 10 unspecified atom stereocenters. The zero-order valence-corrected chi connectivity index (χ0v) is 13.8. The smallest absolute Gasteiger partial charge is 0.310 e. The zero-order valence-electron chi connectivity index (χ0n) is 13.8. The molecular weight excluding hydrogens is 288 g/mol. The van der Waals surface area contributed by atoms with E-state index in [4.69, 9.17) is 9.47 Å². The first kappa shape index (κ1) is 13.5. The summed E-state index contributed by atoms with van der Waals surface area (Å²) in [5.41, 5.74) is -0.351. The Morgan fingerprint density at radius 1 is 1.13 bits per heavy atom. The van der Waals surface area contributed by atoms with Gasteiger partial charge < -0.3 is 9.47 Å². The van der Waals surface area contributed by atoms with Gasteiger partial charge >= 0.3 is 5.97 Å². The molecule has 0 aromatic carbocycles. The lowest BCUT2D eigenvalue weighted by Crippen LogP contribution is -2.41. The first-order valence-corrected chi connectivity index (χ1v) is 9.71. The molecule has 0 spiro atoms. The third-order valence-electron chi connectivity index (χ3n) is 8.22. The maximum Gasteiger partial charge on any atom is 0.310 e. The highest BCUT2D eigenvalue weighted by Gasteiger charge is 2.74. The molecule has 1 saturated heterocycles. The molecule has 0 aromatic heterocycles. The van der Waals surface area contributed by atoms with Gasteiger partial charge in [0.05, 0.1) is 18.1 Å². The normalized spacial score (nSPS) is 60.7. The van der Waals surface area contributed by atoms with Gasteiger partial charge in [0.2, 0.25) is 0 Å². The van der Waals surface area contributed by atoms with Crippen LogP contribution in [0.3, 0.4) is 0 Å². The van der Waals surface area contributed by atoms with Crippen LogP contribution < -0.4 is 0 Å². The predicted molar refractivity (Wildman–Crippen MR) is 84.4 cm³/mol. The van der Waals surface area contributed by atoms with E-state index in [0.717, 1.165) is 55.3 Å². The third kappa shape index (κ3) is 1.67. The van der Waals surface area contributed by atoms with Gasteiger partial charge in [0.15, 0.2) is 0 Å². The number of allylic oxidation sites excluding steroid dienone is 1. The van der Waals surface area contributed by atoms with Crippen LogP contribution in [-0.2, 0) is 14.3 Å². The number of esters is 1. The number of ether oxygens (including phenoxy) is 2. The van der Waals surface area contributed by atoms with Crippen LogP contribution in [0.2, 0.25) is 0 Å². The zero-order chi connectivity index (χ0) is 15.3. The summed E-state index contributed by atoms with van der Waals surface area (Å²) in [6.07, 6.45) is 12.5. The molecule has 6 aliphatic rings. The summed E-state index contributed by atoms with van der Waals surface area (Å²) in [5, 5.41) is 0. The lowest BCUT2D eigenvalue weighted by Gasteiger charge is -2.38. The maximum atomic E-state index is 12.9. The lowest BCUT2D eigenvalue weighted by molar-refractivity contribution is -0.163. The van der Waals surface area contributed by atoms with Crippen molar-refractivity contribution in [1.29, 1.82) is 0 Å². The minimum Gasteiger partial charge on any atom is -0.455 e. The average Bonchev–Trinajstić information content (AvgIpc) is 2.91. The Kier molecular flexibility index (Phi) is 2.47. The molecule has 0 N–H and O–H groups in total. The van der Waals surface area contributed by atoms with Crippen molar-refractivity contribution in [1.82, 2.24) is 0 Å². The molecule has 6 rings (SSSR count). The van der Waals surface area contributed by atoms with Crippen molar-refractivity contribution in [3.63, 3.8) is 0 Å². The second kappa shape index (κ2) is 4.22. The molecule has 124 valence electrons. The minimum absolute atomic E-state index is 0.0982. The van der Waals surface area contributed by atoms with Crippen molar-refractivity contribution >= 4 is 5.97 Å². The number of epoxide rings is 1. The van der Waals surface area contributed by atoms with Crippen molar-refractivity contribution in [3.8, 4) is 0 Å². The van der Waals surface area contributed by atoms with Crippen molar-refractivity contribution in [3.05, 3.63) is 12.2 Å². The highest BCUT2D eigenvalue weighted by atomic mass is 16.6. The summed E-state index contributed by atoms with van der Waals surface area (Å²) in [4.78, 5) is 12.9. The molecule has 1 heterocycles. The average molecular weight is 314 g/mol. The molecule has 3 nitrogen and oxygen atoms in total. The van der Waals surface area contributed by atoms with Gasteiger partial charge in [0.1, 0.15) is 5.60 Å². The van der Waals surface area contributed by atoms with Gasteiger partial charge in [-0.1, -0.05) is 6.08 Å². The Hall–Kier alpha value is -0.830. The highest BCUT2D eigenvalue weighted by Crippen LogP contribution is 2.73. The summed E-state index contributed by atoms with van der Waals surface area (Å²) in [6.45, 7) is 2.08. The van der Waals surface area contributed by atoms with E-state index in [0.29, 0.717) is 18.1 Å². The highest BCUT2D eigenvalue weighted by molar-refractivity contribution is 5.74. The van der Waals surface area contributed by atoms with E-state index in [-0.39, 0.29) is 17.5 Å². The maximum absolute atomic E-state index is 12.9. The van der Waals surface area contributed by atoms with E-state index >= 15 is 0 Å².